The molecule has 0 radical (unpaired) electrons. The van der Waals surface area contributed by atoms with Crippen molar-refractivity contribution in [2.24, 2.45) is 5.73 Å². The van der Waals surface area contributed by atoms with Crippen molar-refractivity contribution >= 4 is 29.5 Å². The number of carbonyl (C=O) groups is 4. The quantitative estimate of drug-likeness (QED) is 0.312. The highest BCUT2D eigenvalue weighted by Crippen LogP contribution is 2.32. The molecule has 6 N–H and O–H groups in total. The van der Waals surface area contributed by atoms with Crippen LogP contribution in [-0.4, -0.2) is 34.0 Å². The molecule has 168 valence electrons. The number of carboxylic acid groups (broad SMARTS) is 2. The van der Waals surface area contributed by atoms with E-state index in [0.29, 0.717) is 24.0 Å². The summed E-state index contributed by atoms with van der Waals surface area (Å²) in [6.45, 7) is 0. The number of amides is 1. The van der Waals surface area contributed by atoms with Gasteiger partial charge in [0.25, 0.3) is 0 Å². The van der Waals surface area contributed by atoms with Gasteiger partial charge in [-0.25, -0.2) is 4.79 Å². The van der Waals surface area contributed by atoms with Crippen LogP contribution >= 0.6 is 0 Å². The number of rotatable bonds is 5. The summed E-state index contributed by atoms with van der Waals surface area (Å²) in [5.74, 6) is -5.24. The summed E-state index contributed by atoms with van der Waals surface area (Å²) in [5, 5.41) is 18.6. The number of fused-ring (bicyclic) bond motifs is 2. The first-order valence-electron chi connectivity index (χ1n) is 10.2. The molecule has 32 heavy (non-hydrogen) atoms. The van der Waals surface area contributed by atoms with E-state index < -0.39 is 36.2 Å². The van der Waals surface area contributed by atoms with Crippen LogP contribution in [0.25, 0.3) is 0 Å². The molecule has 0 saturated carbocycles. The number of benzene rings is 2. The van der Waals surface area contributed by atoms with Gasteiger partial charge in [-0.3, -0.25) is 14.4 Å². The number of aryl methyl sites for hydroxylation is 1. The van der Waals surface area contributed by atoms with Crippen LogP contribution in [0.4, 0.5) is 5.69 Å². The normalized spacial score (nSPS) is 14.8. The van der Waals surface area contributed by atoms with Crippen LogP contribution in [0.5, 0.6) is 5.75 Å². The minimum Gasteiger partial charge on any atom is -0.481 e. The second kappa shape index (κ2) is 9.51. The lowest BCUT2D eigenvalue weighted by Crippen LogP contribution is -2.20. The van der Waals surface area contributed by atoms with Gasteiger partial charge >= 0.3 is 17.9 Å². The van der Waals surface area contributed by atoms with Gasteiger partial charge in [-0.2, -0.15) is 0 Å². The van der Waals surface area contributed by atoms with Crippen molar-refractivity contribution in [2.75, 3.05) is 5.73 Å². The Balaban J connectivity index is 2.11. The van der Waals surface area contributed by atoms with Crippen molar-refractivity contribution in [1.29, 1.82) is 0 Å². The first-order valence-corrected chi connectivity index (χ1v) is 10.2. The van der Waals surface area contributed by atoms with Crippen LogP contribution in [0.2, 0.25) is 0 Å². The van der Waals surface area contributed by atoms with E-state index in [2.05, 4.69) is 0 Å². The molecule has 9 heteroatoms. The van der Waals surface area contributed by atoms with Crippen LogP contribution in [0, 0.1) is 0 Å². The zero-order chi connectivity index (χ0) is 23.4. The maximum Gasteiger partial charge on any atom is 0.343 e. The lowest BCUT2D eigenvalue weighted by Gasteiger charge is -2.18. The number of nitrogen functional groups attached to an aromatic ring is 1. The lowest BCUT2D eigenvalue weighted by molar-refractivity contribution is -0.145. The zero-order valence-corrected chi connectivity index (χ0v) is 17.3. The van der Waals surface area contributed by atoms with Gasteiger partial charge in [-0.05, 0) is 61.1 Å². The van der Waals surface area contributed by atoms with Gasteiger partial charge in [0.05, 0.1) is 17.9 Å². The third-order valence-electron chi connectivity index (χ3n) is 5.56. The van der Waals surface area contributed by atoms with Crippen molar-refractivity contribution in [3.63, 3.8) is 0 Å². The van der Waals surface area contributed by atoms with Crippen molar-refractivity contribution in [3.05, 3.63) is 58.1 Å². The van der Waals surface area contributed by atoms with Crippen LogP contribution in [0.3, 0.4) is 0 Å². The molecule has 0 aliphatic carbocycles. The van der Waals surface area contributed by atoms with Crippen molar-refractivity contribution < 1.29 is 34.1 Å². The van der Waals surface area contributed by atoms with E-state index in [1.54, 1.807) is 18.2 Å². The number of ether oxygens (including phenoxy) is 1. The Bertz CT molecular complexity index is 1090. The summed E-state index contributed by atoms with van der Waals surface area (Å²) in [6.07, 6.45) is 2.61. The summed E-state index contributed by atoms with van der Waals surface area (Å²) in [7, 11) is 0. The van der Waals surface area contributed by atoms with Crippen LogP contribution in [0.15, 0.2) is 30.3 Å². The highest BCUT2D eigenvalue weighted by molar-refractivity contribution is 5.97. The number of aliphatic carboxylic acids is 2. The Labute approximate surface area is 184 Å². The molecule has 0 fully saturated rings. The van der Waals surface area contributed by atoms with Crippen molar-refractivity contribution in [1.82, 2.24) is 0 Å². The van der Waals surface area contributed by atoms with Gasteiger partial charge in [0.2, 0.25) is 5.91 Å². The number of carboxylic acids is 2. The molecule has 1 aliphatic heterocycles. The summed E-state index contributed by atoms with van der Waals surface area (Å²) in [5.41, 5.74) is 13.2. The Morgan fingerprint density at radius 3 is 2.44 bits per heavy atom. The fourth-order valence-electron chi connectivity index (χ4n) is 3.98. The highest BCUT2D eigenvalue weighted by Gasteiger charge is 2.28. The number of hydrogen-bond donors (Lipinski definition) is 4. The molecule has 1 amide bonds. The number of carbonyl (C=O) groups excluding carboxylic acids is 2. The molecule has 0 spiro atoms. The summed E-state index contributed by atoms with van der Waals surface area (Å²) < 4.78 is 5.61. The topological polar surface area (TPSA) is 170 Å². The van der Waals surface area contributed by atoms with Crippen molar-refractivity contribution in [3.8, 4) is 5.75 Å². The molecule has 0 aromatic heterocycles. The molecule has 0 saturated heterocycles. The average molecular weight is 440 g/mol. The Morgan fingerprint density at radius 2 is 1.78 bits per heavy atom. The molecule has 1 aliphatic rings. The third kappa shape index (κ3) is 4.88. The smallest absolute Gasteiger partial charge is 0.343 e. The molecule has 2 aromatic rings. The molecular weight excluding hydrogens is 416 g/mol. The zero-order valence-electron chi connectivity index (χ0n) is 17.3. The van der Waals surface area contributed by atoms with Crippen LogP contribution in [-0.2, 0) is 22.4 Å². The summed E-state index contributed by atoms with van der Waals surface area (Å²) in [4.78, 5) is 47.8. The summed E-state index contributed by atoms with van der Waals surface area (Å²) in [6, 6.07) is 7.53. The highest BCUT2D eigenvalue weighted by atomic mass is 16.5. The van der Waals surface area contributed by atoms with E-state index in [4.69, 9.17) is 21.3 Å². The van der Waals surface area contributed by atoms with E-state index in [1.165, 1.54) is 12.1 Å². The van der Waals surface area contributed by atoms with Crippen LogP contribution in [0.1, 0.15) is 69.0 Å². The monoisotopic (exact) mass is 440 g/mol. The van der Waals surface area contributed by atoms with E-state index in [9.17, 15) is 24.3 Å². The van der Waals surface area contributed by atoms with Gasteiger partial charge < -0.3 is 26.4 Å². The number of anilines is 1. The van der Waals surface area contributed by atoms with Crippen LogP contribution < -0.4 is 16.2 Å². The molecule has 3 rings (SSSR count). The first kappa shape index (κ1) is 22.8. The molecule has 1 unspecified atom stereocenters. The largest absolute Gasteiger partial charge is 0.481 e. The Kier molecular flexibility index (Phi) is 6.77. The van der Waals surface area contributed by atoms with Gasteiger partial charge in [0.1, 0.15) is 5.75 Å². The second-order valence-corrected chi connectivity index (χ2v) is 7.72. The van der Waals surface area contributed by atoms with E-state index in [1.807, 2.05) is 0 Å². The molecule has 9 nitrogen and oxygen atoms in total. The minimum absolute atomic E-state index is 0.0385. The molecular formula is C23H24N2O7. The molecule has 1 atom stereocenters. The van der Waals surface area contributed by atoms with Gasteiger partial charge in [-0.1, -0.05) is 12.5 Å². The number of hydrogen-bond acceptors (Lipinski definition) is 6. The van der Waals surface area contributed by atoms with E-state index >= 15 is 0 Å². The fraction of sp³-hybridized carbons (Fsp3) is 0.304. The van der Waals surface area contributed by atoms with E-state index in [-0.39, 0.29) is 28.1 Å². The summed E-state index contributed by atoms with van der Waals surface area (Å²) >= 11 is 0. The maximum atomic E-state index is 13.1. The second-order valence-electron chi connectivity index (χ2n) is 7.72. The number of nitrogens with two attached hydrogens (primary N) is 2. The predicted octanol–water partition coefficient (Wildman–Crippen LogP) is 2.50. The van der Waals surface area contributed by atoms with Crippen molar-refractivity contribution in [2.45, 2.75) is 44.4 Å². The third-order valence-corrected chi connectivity index (χ3v) is 5.56. The SMILES string of the molecule is NC(=O)c1cccc2c1CCCCCc1cc(N)c(C(CC(=O)O)C(=O)O)cc1C(=O)O2. The number of primary amides is 1. The Morgan fingerprint density at radius 1 is 1.06 bits per heavy atom. The molecule has 0 bridgehead atoms. The van der Waals surface area contributed by atoms with E-state index in [0.717, 1.165) is 19.3 Å². The number of esters is 1. The molecule has 1 heterocycles. The fourth-order valence-corrected chi connectivity index (χ4v) is 3.98. The lowest BCUT2D eigenvalue weighted by atomic mass is 9.89. The maximum absolute atomic E-state index is 13.1. The average Bonchev–Trinajstić information content (AvgIpc) is 2.74. The standard InChI is InChI=1S/C23H24N2O7/c24-18-9-12-5-2-1-3-6-13-14(21(25)28)7-4-8-19(13)32-23(31)15(12)10-16(18)17(22(29)30)11-20(26)27/h4,7-10,17H,1-3,5-6,11,24H2,(H2,25,28)(H,26,27)(H,29,30). The predicted molar refractivity (Wildman–Crippen MR) is 115 cm³/mol. The molecule has 2 aromatic carbocycles. The Hall–Kier alpha value is -3.88. The van der Waals surface area contributed by atoms with Gasteiger partial charge in [-0.15, -0.1) is 0 Å². The van der Waals surface area contributed by atoms with Gasteiger partial charge in [0.15, 0.2) is 0 Å². The van der Waals surface area contributed by atoms with Gasteiger partial charge in [0, 0.05) is 16.8 Å². The minimum atomic E-state index is -1.42. The first-order chi connectivity index (χ1) is 15.2.